The summed E-state index contributed by atoms with van der Waals surface area (Å²) in [7, 11) is 0. The molecule has 0 aliphatic carbocycles. The molecule has 0 fully saturated rings. The number of hydrogen-bond acceptors (Lipinski definition) is 7. The van der Waals surface area contributed by atoms with E-state index in [-0.39, 0.29) is 57.4 Å². The zero-order valence-corrected chi connectivity index (χ0v) is 43.0. The van der Waals surface area contributed by atoms with Gasteiger partial charge in [-0.25, -0.2) is 0 Å². The average molecular weight is 1040 g/mol. The van der Waals surface area contributed by atoms with Gasteiger partial charge in [-0.2, -0.15) is 0 Å². The predicted molar refractivity (Wildman–Crippen MR) is 299 cm³/mol. The van der Waals surface area contributed by atoms with E-state index >= 15 is 0 Å². The number of amides is 7. The van der Waals surface area contributed by atoms with Gasteiger partial charge in [0.2, 0.25) is 41.4 Å². The molecule has 78 heavy (non-hydrogen) atoms. The van der Waals surface area contributed by atoms with Crippen LogP contribution in [0.25, 0.3) is 0 Å². The van der Waals surface area contributed by atoms with Crippen molar-refractivity contribution in [3.05, 3.63) is 245 Å². The number of anilines is 1. The van der Waals surface area contributed by atoms with E-state index in [1.54, 1.807) is 77.7 Å². The molecule has 14 heteroatoms. The van der Waals surface area contributed by atoms with Gasteiger partial charge in [-0.1, -0.05) is 194 Å². The summed E-state index contributed by atoms with van der Waals surface area (Å²) < 4.78 is 0. The Morgan fingerprint density at radius 2 is 0.705 bits per heavy atom. The third-order valence-corrected chi connectivity index (χ3v) is 13.4. The molecule has 0 spiro atoms. The summed E-state index contributed by atoms with van der Waals surface area (Å²) >= 11 is 0. The van der Waals surface area contributed by atoms with Crippen molar-refractivity contribution in [2.45, 2.75) is 81.7 Å². The molecule has 0 bridgehead atoms. The Labute approximate surface area is 454 Å². The number of hydrogen-bond donors (Lipinski definition) is 6. The highest BCUT2D eigenvalue weighted by Crippen LogP contribution is 2.26. The fourth-order valence-electron chi connectivity index (χ4n) is 9.23. The average Bonchev–Trinajstić information content (AvgIpc) is 3.47. The number of benzene rings is 7. The van der Waals surface area contributed by atoms with Gasteiger partial charge in [-0.3, -0.25) is 33.6 Å². The van der Waals surface area contributed by atoms with Crippen LogP contribution in [0.3, 0.4) is 0 Å². The maximum absolute atomic E-state index is 14.9. The number of primary amides is 1. The zero-order chi connectivity index (χ0) is 54.6. The minimum Gasteiger partial charge on any atom is -0.368 e. The van der Waals surface area contributed by atoms with Gasteiger partial charge in [-0.05, 0) is 51.6 Å². The third-order valence-electron chi connectivity index (χ3n) is 13.4. The molecule has 0 aromatic heterocycles. The molecule has 8 rings (SSSR count). The van der Waals surface area contributed by atoms with Crippen molar-refractivity contribution in [2.75, 3.05) is 4.90 Å². The van der Waals surface area contributed by atoms with Crippen LogP contribution in [-0.4, -0.2) is 71.6 Å². The normalized spacial score (nSPS) is 13.3. The second kappa shape index (κ2) is 27.3. The first-order valence-corrected chi connectivity index (χ1v) is 25.9. The SMILES string of the molecule is NC(=O)C(Cc1ccccc1)NC(=O)C(Cc1ccccc1)NC(=O)C(Cc1ccccc1)NC(=O)C(Cc1ccccc1)NC(=O)C(Cc1ccccc1)NC(=O)CCC(=O)N1Cc2ccccc2C#Cc2ccccc21. The van der Waals surface area contributed by atoms with Gasteiger partial charge in [0.1, 0.15) is 30.2 Å². The lowest BCUT2D eigenvalue weighted by Crippen LogP contribution is -2.60. The number of rotatable bonds is 23. The summed E-state index contributed by atoms with van der Waals surface area (Å²) in [6, 6.07) is 54.2. The molecule has 0 saturated carbocycles. The van der Waals surface area contributed by atoms with Gasteiger partial charge in [0, 0.05) is 56.1 Å². The van der Waals surface area contributed by atoms with Crippen molar-refractivity contribution < 1.29 is 33.6 Å². The van der Waals surface area contributed by atoms with Crippen molar-refractivity contribution in [3.8, 4) is 11.8 Å². The smallest absolute Gasteiger partial charge is 0.243 e. The lowest BCUT2D eigenvalue weighted by atomic mass is 10.00. The fraction of sp³-hybridized carbons (Fsp3) is 0.203. The molecule has 394 valence electrons. The number of para-hydroxylation sites is 1. The highest BCUT2D eigenvalue weighted by molar-refractivity contribution is 5.99. The van der Waals surface area contributed by atoms with Crippen molar-refractivity contribution in [1.82, 2.24) is 26.6 Å². The van der Waals surface area contributed by atoms with Gasteiger partial charge >= 0.3 is 0 Å². The number of fused-ring (bicyclic) bond motifs is 2. The second-order valence-corrected chi connectivity index (χ2v) is 19.1. The van der Waals surface area contributed by atoms with Crippen LogP contribution in [-0.2, 0) is 72.2 Å². The van der Waals surface area contributed by atoms with Gasteiger partial charge < -0.3 is 37.2 Å². The fourth-order valence-corrected chi connectivity index (χ4v) is 9.23. The molecule has 7 amide bonds. The molecule has 7 aromatic carbocycles. The summed E-state index contributed by atoms with van der Waals surface area (Å²) in [4.78, 5) is 101. The maximum Gasteiger partial charge on any atom is 0.243 e. The Kier molecular flexibility index (Phi) is 19.1. The number of nitrogens with zero attached hydrogens (tertiary/aromatic N) is 1. The molecule has 5 atom stereocenters. The van der Waals surface area contributed by atoms with E-state index in [2.05, 4.69) is 38.4 Å². The van der Waals surface area contributed by atoms with Gasteiger partial charge in [0.15, 0.2) is 0 Å². The van der Waals surface area contributed by atoms with Crippen molar-refractivity contribution >= 4 is 47.0 Å². The van der Waals surface area contributed by atoms with Crippen molar-refractivity contribution in [2.24, 2.45) is 5.73 Å². The first-order valence-electron chi connectivity index (χ1n) is 25.9. The summed E-state index contributed by atoms with van der Waals surface area (Å²) in [6.07, 6.45) is -0.223. The van der Waals surface area contributed by atoms with E-state index in [0.717, 1.165) is 27.8 Å². The Morgan fingerprint density at radius 3 is 1.12 bits per heavy atom. The van der Waals surface area contributed by atoms with E-state index in [1.165, 1.54) is 0 Å². The molecule has 7 aromatic rings. The molecule has 1 aliphatic heterocycles. The predicted octanol–water partition coefficient (Wildman–Crippen LogP) is 5.84. The van der Waals surface area contributed by atoms with Crippen molar-refractivity contribution in [3.63, 3.8) is 0 Å². The highest BCUT2D eigenvalue weighted by atomic mass is 16.2. The quantitative estimate of drug-likeness (QED) is 0.0432. The minimum atomic E-state index is -1.28. The topological polar surface area (TPSA) is 209 Å². The molecule has 0 radical (unpaired) electrons. The monoisotopic (exact) mass is 1040 g/mol. The Morgan fingerprint density at radius 1 is 0.385 bits per heavy atom. The van der Waals surface area contributed by atoms with E-state index < -0.39 is 65.7 Å². The lowest BCUT2D eigenvalue weighted by Gasteiger charge is -2.27. The van der Waals surface area contributed by atoms with E-state index in [0.29, 0.717) is 22.4 Å². The molecule has 1 aliphatic rings. The van der Waals surface area contributed by atoms with Crippen LogP contribution >= 0.6 is 0 Å². The summed E-state index contributed by atoms with van der Waals surface area (Å²) in [5.41, 5.74) is 12.4. The van der Waals surface area contributed by atoms with E-state index in [4.69, 9.17) is 5.73 Å². The molecule has 1 heterocycles. The molecule has 14 nitrogen and oxygen atoms in total. The second-order valence-electron chi connectivity index (χ2n) is 19.1. The molecule has 5 unspecified atom stereocenters. The Hall–Kier alpha value is -9.61. The first-order chi connectivity index (χ1) is 37.9. The van der Waals surface area contributed by atoms with Gasteiger partial charge in [0.25, 0.3) is 0 Å². The zero-order valence-electron chi connectivity index (χ0n) is 43.0. The lowest BCUT2D eigenvalue weighted by molar-refractivity contribution is -0.135. The summed E-state index contributed by atoms with van der Waals surface area (Å²) in [5, 5.41) is 14.3. The van der Waals surface area contributed by atoms with Gasteiger partial charge in [-0.15, -0.1) is 0 Å². The minimum absolute atomic E-state index is 0.00162. The van der Waals surface area contributed by atoms with Crippen LogP contribution < -0.4 is 37.2 Å². The third kappa shape index (κ3) is 15.7. The van der Waals surface area contributed by atoms with Crippen LogP contribution in [0.4, 0.5) is 5.69 Å². The molecular weight excluding hydrogens is 979 g/mol. The number of nitrogens with two attached hydrogens (primary N) is 1. The Balaban J connectivity index is 1.02. The maximum atomic E-state index is 14.9. The summed E-state index contributed by atoms with van der Waals surface area (Å²) in [5.74, 6) is 2.03. The first kappa shape index (κ1) is 54.6. The standard InChI is InChI=1S/C64H61N7O7/c65-60(74)52(38-44-20-6-1-7-21-44)67-62(76)54(40-46-24-10-3-11-25-46)69-64(78)56(42-48-28-14-5-15-29-48)70-63(77)55(41-47-26-12-4-13-27-47)68-61(75)53(39-45-22-8-2-9-23-45)66-58(72)36-37-59(73)71-43-51-32-17-16-30-49(51)34-35-50-31-18-19-33-57(50)71/h1-33,52-56H,36-43H2,(H2,65,74)(H,66,72)(H,67,76)(H,68,75)(H,69,78)(H,70,77). The highest BCUT2D eigenvalue weighted by Gasteiger charge is 2.33. The van der Waals surface area contributed by atoms with E-state index in [9.17, 15) is 33.6 Å². The van der Waals surface area contributed by atoms with E-state index in [1.807, 2.05) is 127 Å². The molecule has 0 saturated heterocycles. The largest absolute Gasteiger partial charge is 0.368 e. The number of carbonyl (C=O) groups is 7. The van der Waals surface area contributed by atoms with Crippen LogP contribution in [0.2, 0.25) is 0 Å². The van der Waals surface area contributed by atoms with Crippen molar-refractivity contribution in [1.29, 1.82) is 0 Å². The van der Waals surface area contributed by atoms with Gasteiger partial charge in [0.05, 0.1) is 12.2 Å². The van der Waals surface area contributed by atoms with Crippen LogP contribution in [0.5, 0.6) is 0 Å². The number of nitrogens with one attached hydrogen (secondary N) is 5. The summed E-state index contributed by atoms with van der Waals surface area (Å²) in [6.45, 7) is 0.246. The van der Waals surface area contributed by atoms with Crippen LogP contribution in [0, 0.1) is 11.8 Å². The van der Waals surface area contributed by atoms with Crippen LogP contribution in [0.15, 0.2) is 200 Å². The Bertz CT molecular complexity index is 3260. The van der Waals surface area contributed by atoms with Crippen LogP contribution in [0.1, 0.15) is 57.3 Å². The molecule has 7 N–H and O–H groups in total. The molecular formula is C64H61N7O7. The number of carbonyl (C=O) groups excluding carboxylic acids is 7.